The van der Waals surface area contributed by atoms with Gasteiger partial charge in [-0.05, 0) is 42.7 Å². The van der Waals surface area contributed by atoms with Crippen LogP contribution in [0, 0.1) is 0 Å². The van der Waals surface area contributed by atoms with Gasteiger partial charge in [0.15, 0.2) is 5.54 Å². The number of fused-ring (bicyclic) bond motifs is 5. The van der Waals surface area contributed by atoms with Crippen LogP contribution in [-0.4, -0.2) is 59.9 Å². The lowest BCUT2D eigenvalue weighted by molar-refractivity contribution is -0.166. The molecule has 5 rings (SSSR count). The Kier molecular flexibility index (Phi) is 5.34. The van der Waals surface area contributed by atoms with Crippen molar-refractivity contribution >= 4 is 38.6 Å². The van der Waals surface area contributed by atoms with Gasteiger partial charge in [0.1, 0.15) is 0 Å². The highest BCUT2D eigenvalue weighted by Gasteiger charge is 2.56. The van der Waals surface area contributed by atoms with E-state index in [-0.39, 0.29) is 24.3 Å². The van der Waals surface area contributed by atoms with Crippen molar-refractivity contribution in [3.8, 4) is 0 Å². The topological polar surface area (TPSA) is 65.6 Å². The van der Waals surface area contributed by atoms with Gasteiger partial charge in [0.2, 0.25) is 5.91 Å². The molecule has 1 unspecified atom stereocenters. The predicted molar refractivity (Wildman–Crippen MR) is 126 cm³/mol. The molecule has 2 aliphatic heterocycles. The normalized spacial score (nSPS) is 22.9. The molecule has 0 bridgehead atoms. The fourth-order valence-corrected chi connectivity index (χ4v) is 5.51. The smallest absolute Gasteiger partial charge is 0.254 e. The molecule has 2 aliphatic rings. The number of nitrogens with one attached hydrogen (secondary N) is 1. The number of amides is 2. The van der Waals surface area contributed by atoms with E-state index in [1.54, 1.807) is 16.9 Å². The molecule has 1 fully saturated rings. The average molecular weight is 496 g/mol. The van der Waals surface area contributed by atoms with E-state index in [0.717, 1.165) is 32.2 Å². The van der Waals surface area contributed by atoms with Crippen LogP contribution in [-0.2, 0) is 19.9 Å². The quantitative estimate of drug-likeness (QED) is 0.544. The van der Waals surface area contributed by atoms with Gasteiger partial charge in [-0.1, -0.05) is 46.3 Å². The van der Waals surface area contributed by atoms with Crippen molar-refractivity contribution in [2.24, 2.45) is 0 Å². The third-order valence-electron chi connectivity index (χ3n) is 6.87. The molecule has 2 aromatic carbocycles. The van der Waals surface area contributed by atoms with E-state index in [2.05, 4.69) is 39.1 Å². The molecule has 7 heteroatoms. The maximum absolute atomic E-state index is 13.8. The maximum atomic E-state index is 13.8. The van der Waals surface area contributed by atoms with Crippen LogP contribution in [0.15, 0.2) is 53.0 Å². The minimum absolute atomic E-state index is 0.0147. The summed E-state index contributed by atoms with van der Waals surface area (Å²) in [7, 11) is 1.65. The molecule has 166 valence electrons. The number of para-hydroxylation sites is 1. The molecule has 1 aromatic heterocycles. The Labute approximate surface area is 195 Å². The van der Waals surface area contributed by atoms with Crippen molar-refractivity contribution in [1.82, 2.24) is 14.8 Å². The van der Waals surface area contributed by atoms with Crippen molar-refractivity contribution in [3.63, 3.8) is 0 Å². The van der Waals surface area contributed by atoms with Crippen molar-refractivity contribution in [2.45, 2.75) is 24.8 Å². The molecule has 0 saturated carbocycles. The Bertz CT molecular complexity index is 1190. The molecular formula is C25H26BrN3O3. The SMILES string of the molecule is COCCCN1CC(=O)N2CC(c3ccc(Br)cc3)c3c([nH]c4ccccc34)[C@@]2(C)C1=O. The number of ether oxygens (including phenoxy) is 1. The Morgan fingerprint density at radius 3 is 2.66 bits per heavy atom. The number of aromatic amines is 1. The molecule has 1 N–H and O–H groups in total. The van der Waals surface area contributed by atoms with Crippen molar-refractivity contribution in [1.29, 1.82) is 0 Å². The highest BCUT2D eigenvalue weighted by atomic mass is 79.9. The molecule has 0 aliphatic carbocycles. The number of benzene rings is 2. The van der Waals surface area contributed by atoms with Crippen LogP contribution in [0.2, 0.25) is 0 Å². The van der Waals surface area contributed by atoms with Gasteiger partial charge in [0, 0.05) is 48.1 Å². The van der Waals surface area contributed by atoms with Crippen molar-refractivity contribution < 1.29 is 14.3 Å². The summed E-state index contributed by atoms with van der Waals surface area (Å²) in [5.41, 5.74) is 3.00. The summed E-state index contributed by atoms with van der Waals surface area (Å²) >= 11 is 3.52. The molecule has 3 heterocycles. The van der Waals surface area contributed by atoms with E-state index in [1.165, 1.54) is 0 Å². The predicted octanol–water partition coefficient (Wildman–Crippen LogP) is 4.00. The highest BCUT2D eigenvalue weighted by Crippen LogP contribution is 2.48. The largest absolute Gasteiger partial charge is 0.385 e. The fraction of sp³-hybridized carbons (Fsp3) is 0.360. The number of carbonyl (C=O) groups excluding carboxylic acids is 2. The number of piperazine rings is 1. The molecule has 0 radical (unpaired) electrons. The van der Waals surface area contributed by atoms with Crippen LogP contribution in [0.5, 0.6) is 0 Å². The number of nitrogens with zero attached hydrogens (tertiary/aromatic N) is 2. The lowest BCUT2D eigenvalue weighted by Gasteiger charge is -2.51. The third-order valence-corrected chi connectivity index (χ3v) is 7.39. The second-order valence-corrected chi connectivity index (χ2v) is 9.63. The number of rotatable bonds is 5. The molecule has 1 saturated heterocycles. The highest BCUT2D eigenvalue weighted by molar-refractivity contribution is 9.10. The summed E-state index contributed by atoms with van der Waals surface area (Å²) < 4.78 is 6.16. The zero-order chi connectivity index (χ0) is 22.5. The number of aromatic nitrogens is 1. The summed E-state index contributed by atoms with van der Waals surface area (Å²) in [4.78, 5) is 34.2. The van der Waals surface area contributed by atoms with E-state index in [4.69, 9.17) is 4.74 Å². The molecule has 2 atom stereocenters. The van der Waals surface area contributed by atoms with Gasteiger partial charge in [-0.25, -0.2) is 0 Å². The standard InChI is InChI=1S/C25H26BrN3O3/c1-25-23-22(18-6-3-4-7-20(18)27-23)19(16-8-10-17(26)11-9-16)14-29(25)21(30)15-28(24(25)31)12-5-13-32-2/h3-4,6-11,19,27H,5,12-15H2,1-2H3/t19?,25-/m0/s1. The van der Waals surface area contributed by atoms with Gasteiger partial charge < -0.3 is 19.5 Å². The number of H-pyrrole nitrogens is 1. The Balaban J connectivity index is 1.67. The molecule has 3 aromatic rings. The second kappa shape index (κ2) is 8.05. The Hall–Kier alpha value is -2.64. The van der Waals surface area contributed by atoms with E-state index in [9.17, 15) is 9.59 Å². The summed E-state index contributed by atoms with van der Waals surface area (Å²) in [6.45, 7) is 3.54. The van der Waals surface area contributed by atoms with Crippen LogP contribution < -0.4 is 0 Å². The summed E-state index contributed by atoms with van der Waals surface area (Å²) in [6, 6.07) is 16.4. The molecule has 32 heavy (non-hydrogen) atoms. The van der Waals surface area contributed by atoms with E-state index < -0.39 is 5.54 Å². The Morgan fingerprint density at radius 1 is 1.16 bits per heavy atom. The van der Waals surface area contributed by atoms with Gasteiger partial charge in [-0.15, -0.1) is 0 Å². The summed E-state index contributed by atoms with van der Waals surface area (Å²) in [5.74, 6) is -0.0645. The maximum Gasteiger partial charge on any atom is 0.254 e. The lowest BCUT2D eigenvalue weighted by Crippen LogP contribution is -2.67. The average Bonchev–Trinajstić information content (AvgIpc) is 3.19. The van der Waals surface area contributed by atoms with Crippen molar-refractivity contribution in [2.75, 3.05) is 33.4 Å². The van der Waals surface area contributed by atoms with Gasteiger partial charge in [0.05, 0.1) is 12.2 Å². The fourth-order valence-electron chi connectivity index (χ4n) is 5.25. The van der Waals surface area contributed by atoms with Gasteiger partial charge in [-0.2, -0.15) is 0 Å². The number of carbonyl (C=O) groups is 2. The zero-order valence-corrected chi connectivity index (χ0v) is 19.8. The first-order valence-corrected chi connectivity index (χ1v) is 11.7. The number of halogens is 1. The molecular weight excluding hydrogens is 470 g/mol. The van der Waals surface area contributed by atoms with Gasteiger partial charge >= 0.3 is 0 Å². The number of hydrogen-bond acceptors (Lipinski definition) is 3. The number of methoxy groups -OCH3 is 1. The number of hydrogen-bond donors (Lipinski definition) is 1. The zero-order valence-electron chi connectivity index (χ0n) is 18.2. The van der Waals surface area contributed by atoms with Crippen LogP contribution in [0.4, 0.5) is 0 Å². The summed E-state index contributed by atoms with van der Waals surface area (Å²) in [5, 5.41) is 1.10. The minimum Gasteiger partial charge on any atom is -0.385 e. The lowest BCUT2D eigenvalue weighted by atomic mass is 9.76. The van der Waals surface area contributed by atoms with Gasteiger partial charge in [-0.3, -0.25) is 9.59 Å². The van der Waals surface area contributed by atoms with E-state index in [0.29, 0.717) is 26.1 Å². The molecule has 2 amide bonds. The van der Waals surface area contributed by atoms with E-state index >= 15 is 0 Å². The first-order chi connectivity index (χ1) is 15.4. The summed E-state index contributed by atoms with van der Waals surface area (Å²) in [6.07, 6.45) is 0.701. The first-order valence-electron chi connectivity index (χ1n) is 10.9. The molecule has 0 spiro atoms. The second-order valence-electron chi connectivity index (χ2n) is 8.71. The third kappa shape index (κ3) is 3.18. The van der Waals surface area contributed by atoms with Crippen molar-refractivity contribution in [3.05, 3.63) is 69.8 Å². The van der Waals surface area contributed by atoms with Gasteiger partial charge in [0.25, 0.3) is 5.91 Å². The van der Waals surface area contributed by atoms with Crippen LogP contribution in [0.1, 0.15) is 36.1 Å². The minimum atomic E-state index is -1.05. The monoisotopic (exact) mass is 495 g/mol. The first kappa shape index (κ1) is 21.2. The van der Waals surface area contributed by atoms with E-state index in [1.807, 2.05) is 37.3 Å². The van der Waals surface area contributed by atoms with Crippen LogP contribution >= 0.6 is 15.9 Å². The molecule has 6 nitrogen and oxygen atoms in total. The van der Waals surface area contributed by atoms with Crippen LogP contribution in [0.3, 0.4) is 0 Å². The van der Waals surface area contributed by atoms with Crippen LogP contribution in [0.25, 0.3) is 10.9 Å². The Morgan fingerprint density at radius 2 is 1.91 bits per heavy atom.